The van der Waals surface area contributed by atoms with E-state index in [4.69, 9.17) is 4.74 Å². The monoisotopic (exact) mass is 466 g/mol. The van der Waals surface area contributed by atoms with Crippen LogP contribution in [0.15, 0.2) is 73.1 Å². The summed E-state index contributed by atoms with van der Waals surface area (Å²) in [6.45, 7) is 1.98. The Bertz CT molecular complexity index is 1330. The second kappa shape index (κ2) is 8.83. The van der Waals surface area contributed by atoms with Gasteiger partial charge in [-0.2, -0.15) is 13.2 Å². The molecule has 0 unspecified atom stereocenters. The lowest BCUT2D eigenvalue weighted by atomic mass is 10.1. The summed E-state index contributed by atoms with van der Waals surface area (Å²) in [5, 5.41) is 2.68. The van der Waals surface area contributed by atoms with Crippen molar-refractivity contribution in [1.82, 2.24) is 9.38 Å². The van der Waals surface area contributed by atoms with Gasteiger partial charge in [-0.25, -0.2) is 4.98 Å². The van der Waals surface area contributed by atoms with Crippen molar-refractivity contribution in [1.29, 1.82) is 0 Å². The molecule has 34 heavy (non-hydrogen) atoms. The molecule has 2 aromatic heterocycles. The van der Waals surface area contributed by atoms with Crippen LogP contribution in [0.4, 0.5) is 24.5 Å². The second-order valence-electron chi connectivity index (χ2n) is 7.96. The number of hydrogen-bond donors (Lipinski definition) is 1. The summed E-state index contributed by atoms with van der Waals surface area (Å²) in [5.74, 6) is -0.513. The van der Waals surface area contributed by atoms with Crippen molar-refractivity contribution in [2.45, 2.75) is 6.18 Å². The lowest BCUT2D eigenvalue weighted by molar-refractivity contribution is -0.137. The molecule has 1 aliphatic rings. The van der Waals surface area contributed by atoms with Crippen molar-refractivity contribution in [3.8, 4) is 11.3 Å². The van der Waals surface area contributed by atoms with Crippen LogP contribution in [0.1, 0.15) is 15.9 Å². The average Bonchev–Trinajstić information content (AvgIpc) is 3.28. The lowest BCUT2D eigenvalue weighted by Crippen LogP contribution is -2.36. The SMILES string of the molecule is O=C(Nc1cc(C(F)(F)F)ccc1N1CCOCC1)c1ccn2cc(-c3ccccc3)nc2c1. The van der Waals surface area contributed by atoms with Gasteiger partial charge in [0.05, 0.1) is 35.8 Å². The Morgan fingerprint density at radius 2 is 1.76 bits per heavy atom. The summed E-state index contributed by atoms with van der Waals surface area (Å²) < 4.78 is 47.2. The van der Waals surface area contributed by atoms with Crippen LogP contribution in [0.5, 0.6) is 0 Å². The smallest absolute Gasteiger partial charge is 0.378 e. The molecule has 1 N–H and O–H groups in total. The summed E-state index contributed by atoms with van der Waals surface area (Å²) >= 11 is 0. The van der Waals surface area contributed by atoms with Crippen LogP contribution in [-0.4, -0.2) is 41.6 Å². The van der Waals surface area contributed by atoms with Gasteiger partial charge in [0.25, 0.3) is 5.91 Å². The Balaban J connectivity index is 1.45. The fraction of sp³-hybridized carbons (Fsp3) is 0.200. The standard InChI is InChI=1S/C25H21F3N4O2/c26-25(27,28)19-6-7-22(31-10-12-34-13-11-31)20(15-19)30-24(33)18-8-9-32-16-21(29-23(32)14-18)17-4-2-1-3-5-17/h1-9,14-16H,10-13H2,(H,30,33). The highest BCUT2D eigenvalue weighted by molar-refractivity contribution is 6.06. The van der Waals surface area contributed by atoms with E-state index in [-0.39, 0.29) is 5.69 Å². The minimum Gasteiger partial charge on any atom is -0.378 e. The molecule has 0 aliphatic carbocycles. The Hall–Kier alpha value is -3.85. The molecule has 1 fully saturated rings. The summed E-state index contributed by atoms with van der Waals surface area (Å²) in [6, 6.07) is 16.3. The van der Waals surface area contributed by atoms with Gasteiger partial charge < -0.3 is 19.4 Å². The lowest BCUT2D eigenvalue weighted by Gasteiger charge is -2.31. The quantitative estimate of drug-likeness (QED) is 0.454. The number of aromatic nitrogens is 2. The van der Waals surface area contributed by atoms with Crippen LogP contribution in [0.25, 0.3) is 16.9 Å². The van der Waals surface area contributed by atoms with Crippen molar-refractivity contribution in [3.63, 3.8) is 0 Å². The van der Waals surface area contributed by atoms with Crippen LogP contribution in [0.2, 0.25) is 0 Å². The number of nitrogens with zero attached hydrogens (tertiary/aromatic N) is 3. The van der Waals surface area contributed by atoms with Crippen LogP contribution >= 0.6 is 0 Å². The normalized spacial score (nSPS) is 14.4. The zero-order valence-electron chi connectivity index (χ0n) is 18.0. The molecule has 9 heteroatoms. The van der Waals surface area contributed by atoms with E-state index < -0.39 is 17.6 Å². The number of halogens is 3. The number of anilines is 2. The van der Waals surface area contributed by atoms with Crippen LogP contribution < -0.4 is 10.2 Å². The predicted octanol–water partition coefficient (Wildman–Crippen LogP) is 5.11. The molecule has 6 nitrogen and oxygen atoms in total. The average molecular weight is 466 g/mol. The van der Waals surface area contributed by atoms with E-state index >= 15 is 0 Å². The molecule has 3 heterocycles. The molecule has 4 aromatic rings. The third kappa shape index (κ3) is 4.47. The molecule has 5 rings (SSSR count). The molecule has 1 aliphatic heterocycles. The Kier molecular flexibility index (Phi) is 5.70. The summed E-state index contributed by atoms with van der Waals surface area (Å²) in [4.78, 5) is 19.5. The van der Waals surface area contributed by atoms with Gasteiger partial charge in [-0.15, -0.1) is 0 Å². The van der Waals surface area contributed by atoms with Gasteiger partial charge in [0, 0.05) is 36.6 Å². The van der Waals surface area contributed by atoms with Crippen molar-refractivity contribution >= 4 is 22.9 Å². The topological polar surface area (TPSA) is 58.9 Å². The first kappa shape index (κ1) is 22.0. The highest BCUT2D eigenvalue weighted by atomic mass is 19.4. The number of carbonyl (C=O) groups excluding carboxylic acids is 1. The van der Waals surface area contributed by atoms with E-state index in [2.05, 4.69) is 10.3 Å². The number of rotatable bonds is 4. The van der Waals surface area contributed by atoms with Crippen LogP contribution in [0, 0.1) is 0 Å². The zero-order valence-corrected chi connectivity index (χ0v) is 18.0. The summed E-state index contributed by atoms with van der Waals surface area (Å²) in [5.41, 5.74) is 2.36. The van der Waals surface area contributed by atoms with Gasteiger partial charge >= 0.3 is 6.18 Å². The third-order valence-electron chi connectivity index (χ3n) is 5.72. The Morgan fingerprint density at radius 1 is 1.00 bits per heavy atom. The zero-order chi connectivity index (χ0) is 23.7. The van der Waals surface area contributed by atoms with Gasteiger partial charge in [0.15, 0.2) is 0 Å². The van der Waals surface area contributed by atoms with E-state index in [1.54, 1.807) is 22.7 Å². The van der Waals surface area contributed by atoms with Crippen LogP contribution in [-0.2, 0) is 10.9 Å². The molecular formula is C25H21F3N4O2. The van der Waals surface area contributed by atoms with Gasteiger partial charge in [-0.05, 0) is 30.3 Å². The van der Waals surface area contributed by atoms with Crippen LogP contribution in [0.3, 0.4) is 0 Å². The first-order valence-corrected chi connectivity index (χ1v) is 10.8. The van der Waals surface area contributed by atoms with E-state index in [1.807, 2.05) is 41.4 Å². The van der Waals surface area contributed by atoms with Crippen molar-refractivity contribution in [2.75, 3.05) is 36.5 Å². The maximum absolute atomic E-state index is 13.4. The molecule has 1 amide bonds. The number of hydrogen-bond acceptors (Lipinski definition) is 4. The van der Waals surface area contributed by atoms with E-state index in [0.717, 1.165) is 23.4 Å². The molecule has 174 valence electrons. The third-order valence-corrected chi connectivity index (χ3v) is 5.72. The maximum atomic E-state index is 13.4. The first-order valence-electron chi connectivity index (χ1n) is 10.8. The summed E-state index contributed by atoms with van der Waals surface area (Å²) in [6.07, 6.45) is -0.958. The second-order valence-corrected chi connectivity index (χ2v) is 7.96. The van der Waals surface area contributed by atoms with E-state index in [9.17, 15) is 18.0 Å². The number of carbonyl (C=O) groups is 1. The number of morpholine rings is 1. The molecule has 0 saturated carbocycles. The van der Waals surface area contributed by atoms with E-state index in [1.165, 1.54) is 6.07 Å². The van der Waals surface area contributed by atoms with Crippen molar-refractivity contribution < 1.29 is 22.7 Å². The Morgan fingerprint density at radius 3 is 2.50 bits per heavy atom. The van der Waals surface area contributed by atoms with Crippen molar-refractivity contribution in [2.24, 2.45) is 0 Å². The highest BCUT2D eigenvalue weighted by Gasteiger charge is 2.32. The molecule has 1 saturated heterocycles. The molecular weight excluding hydrogens is 445 g/mol. The van der Waals surface area contributed by atoms with Gasteiger partial charge in [-0.3, -0.25) is 4.79 Å². The fourth-order valence-electron chi connectivity index (χ4n) is 3.96. The van der Waals surface area contributed by atoms with Crippen molar-refractivity contribution in [3.05, 3.63) is 84.2 Å². The summed E-state index contributed by atoms with van der Waals surface area (Å²) in [7, 11) is 0. The van der Waals surface area contributed by atoms with Gasteiger partial charge in [0.1, 0.15) is 5.65 Å². The molecule has 2 aromatic carbocycles. The first-order chi connectivity index (χ1) is 16.4. The highest BCUT2D eigenvalue weighted by Crippen LogP contribution is 2.36. The number of fused-ring (bicyclic) bond motifs is 1. The fourth-order valence-corrected chi connectivity index (χ4v) is 3.96. The Labute approximate surface area is 193 Å². The minimum absolute atomic E-state index is 0.106. The number of benzene rings is 2. The number of amides is 1. The van der Waals surface area contributed by atoms with E-state index in [0.29, 0.717) is 43.2 Å². The number of imidazole rings is 1. The minimum atomic E-state index is -4.52. The largest absolute Gasteiger partial charge is 0.416 e. The number of nitrogens with one attached hydrogen (secondary N) is 1. The van der Waals surface area contributed by atoms with Gasteiger partial charge in [0.2, 0.25) is 0 Å². The molecule has 0 spiro atoms. The molecule has 0 radical (unpaired) electrons. The molecule has 0 atom stereocenters. The van der Waals surface area contributed by atoms with Gasteiger partial charge in [-0.1, -0.05) is 30.3 Å². The number of alkyl halides is 3. The number of ether oxygens (including phenoxy) is 1. The maximum Gasteiger partial charge on any atom is 0.416 e. The number of pyridine rings is 1. The predicted molar refractivity (Wildman–Crippen MR) is 123 cm³/mol. The molecule has 0 bridgehead atoms.